The molecular formula is C21H20N4O2. The van der Waals surface area contributed by atoms with Crippen LogP contribution >= 0.6 is 0 Å². The second kappa shape index (κ2) is 6.30. The number of fused-ring (bicyclic) bond motifs is 2. The van der Waals surface area contributed by atoms with Crippen molar-refractivity contribution in [3.63, 3.8) is 0 Å². The van der Waals surface area contributed by atoms with E-state index in [0.29, 0.717) is 11.7 Å². The molecule has 2 aromatic heterocycles. The minimum absolute atomic E-state index is 0.0679. The van der Waals surface area contributed by atoms with Crippen LogP contribution in [0.25, 0.3) is 0 Å². The third-order valence-corrected chi connectivity index (χ3v) is 6.14. The third-order valence-electron chi connectivity index (χ3n) is 6.14. The van der Waals surface area contributed by atoms with Gasteiger partial charge in [0.1, 0.15) is 6.33 Å². The molecule has 6 nitrogen and oxygen atoms in total. The molecule has 3 heterocycles. The molecule has 6 heteroatoms. The summed E-state index contributed by atoms with van der Waals surface area (Å²) in [6.07, 6.45) is 9.89. The molecule has 3 aromatic rings. The third kappa shape index (κ3) is 2.63. The molecule has 1 atom stereocenters. The maximum atomic E-state index is 12.6. The number of carbonyl (C=O) groups excluding carboxylic acids is 1. The van der Waals surface area contributed by atoms with Gasteiger partial charge in [0.25, 0.3) is 5.91 Å². The van der Waals surface area contributed by atoms with E-state index in [1.807, 2.05) is 17.3 Å². The molecule has 136 valence electrons. The highest BCUT2D eigenvalue weighted by Crippen LogP contribution is 2.53. The van der Waals surface area contributed by atoms with Crippen LogP contribution in [0.3, 0.4) is 0 Å². The van der Waals surface area contributed by atoms with Gasteiger partial charge in [0.2, 0.25) is 5.76 Å². The molecule has 1 aliphatic carbocycles. The highest BCUT2D eigenvalue weighted by atomic mass is 16.5. The number of carbonyl (C=O) groups is 1. The molecule has 1 fully saturated rings. The lowest BCUT2D eigenvalue weighted by molar-refractivity contribution is 0.0623. The summed E-state index contributed by atoms with van der Waals surface area (Å²) >= 11 is 0. The molecule has 0 saturated carbocycles. The molecule has 0 bridgehead atoms. The van der Waals surface area contributed by atoms with E-state index in [1.54, 1.807) is 12.4 Å². The summed E-state index contributed by atoms with van der Waals surface area (Å²) in [5.74, 6) is 0.567. The first kappa shape index (κ1) is 16.2. The highest BCUT2D eigenvalue weighted by molar-refractivity contribution is 5.91. The summed E-state index contributed by atoms with van der Waals surface area (Å²) in [5, 5.41) is 3.65. The summed E-state index contributed by atoms with van der Waals surface area (Å²) in [7, 11) is 0. The molecule has 0 radical (unpaired) electrons. The molecule has 5 rings (SSSR count). The van der Waals surface area contributed by atoms with Crippen molar-refractivity contribution in [3.8, 4) is 0 Å². The Labute approximate surface area is 157 Å². The van der Waals surface area contributed by atoms with Gasteiger partial charge in [-0.25, -0.2) is 9.97 Å². The molecule has 1 aromatic carbocycles. The fraction of sp³-hybridized carbons (Fsp3) is 0.333. The van der Waals surface area contributed by atoms with Gasteiger partial charge in [0, 0.05) is 37.5 Å². The Morgan fingerprint density at radius 2 is 1.89 bits per heavy atom. The van der Waals surface area contributed by atoms with Crippen molar-refractivity contribution in [1.82, 2.24) is 20.0 Å². The summed E-state index contributed by atoms with van der Waals surface area (Å²) in [4.78, 5) is 22.9. The summed E-state index contributed by atoms with van der Waals surface area (Å²) in [6, 6.07) is 10.3. The number of nitrogens with zero attached hydrogens (tertiary/aromatic N) is 4. The fourth-order valence-corrected chi connectivity index (χ4v) is 4.78. The van der Waals surface area contributed by atoms with Crippen LogP contribution < -0.4 is 0 Å². The van der Waals surface area contributed by atoms with Crippen LogP contribution in [0.5, 0.6) is 0 Å². The number of rotatable bonds is 2. The zero-order chi connectivity index (χ0) is 18.3. The average molecular weight is 360 g/mol. The van der Waals surface area contributed by atoms with Crippen LogP contribution in [-0.2, 0) is 5.41 Å². The Bertz CT molecular complexity index is 947. The van der Waals surface area contributed by atoms with Gasteiger partial charge < -0.3 is 9.42 Å². The topological polar surface area (TPSA) is 72.1 Å². The van der Waals surface area contributed by atoms with E-state index in [1.165, 1.54) is 22.9 Å². The first-order chi connectivity index (χ1) is 13.3. The van der Waals surface area contributed by atoms with E-state index in [-0.39, 0.29) is 11.3 Å². The van der Waals surface area contributed by atoms with Crippen LogP contribution in [0.2, 0.25) is 0 Å². The van der Waals surface area contributed by atoms with Crippen LogP contribution in [0.4, 0.5) is 0 Å². The fourth-order valence-electron chi connectivity index (χ4n) is 4.78. The van der Waals surface area contributed by atoms with Gasteiger partial charge in [-0.2, -0.15) is 0 Å². The minimum Gasteiger partial charge on any atom is -0.351 e. The van der Waals surface area contributed by atoms with E-state index < -0.39 is 0 Å². The number of benzene rings is 1. The van der Waals surface area contributed by atoms with Crippen LogP contribution in [0.15, 0.2) is 59.8 Å². The summed E-state index contributed by atoms with van der Waals surface area (Å²) in [6.45, 7) is 1.46. The maximum absolute atomic E-state index is 12.6. The van der Waals surface area contributed by atoms with Gasteiger partial charge in [0.05, 0.1) is 6.20 Å². The molecule has 1 saturated heterocycles. The first-order valence-electron chi connectivity index (χ1n) is 9.31. The number of hydrogen-bond acceptors (Lipinski definition) is 5. The SMILES string of the molecule is O=C(c1ccno1)N1CCC2(CC1)CC(c1cncnc1)c1ccccc12. The molecule has 0 N–H and O–H groups in total. The Morgan fingerprint density at radius 1 is 1.11 bits per heavy atom. The molecule has 1 unspecified atom stereocenters. The van der Waals surface area contributed by atoms with Gasteiger partial charge >= 0.3 is 0 Å². The normalized spacial score (nSPS) is 20.6. The van der Waals surface area contributed by atoms with Crippen molar-refractivity contribution in [2.75, 3.05) is 13.1 Å². The predicted molar refractivity (Wildman–Crippen MR) is 98.3 cm³/mol. The van der Waals surface area contributed by atoms with E-state index in [2.05, 4.69) is 39.4 Å². The van der Waals surface area contributed by atoms with Crippen molar-refractivity contribution in [2.45, 2.75) is 30.6 Å². The van der Waals surface area contributed by atoms with E-state index in [0.717, 1.165) is 32.4 Å². The van der Waals surface area contributed by atoms with Crippen LogP contribution in [-0.4, -0.2) is 39.0 Å². The van der Waals surface area contributed by atoms with Crippen molar-refractivity contribution < 1.29 is 9.32 Å². The van der Waals surface area contributed by atoms with Crippen LogP contribution in [0.1, 0.15) is 52.4 Å². The smallest absolute Gasteiger partial charge is 0.292 e. The predicted octanol–water partition coefficient (Wildman–Crippen LogP) is 3.17. The number of hydrogen-bond donors (Lipinski definition) is 0. The quantitative estimate of drug-likeness (QED) is 0.702. The van der Waals surface area contributed by atoms with Gasteiger partial charge in [-0.3, -0.25) is 4.79 Å². The average Bonchev–Trinajstić information content (AvgIpc) is 3.37. The Kier molecular flexibility index (Phi) is 3.77. The van der Waals surface area contributed by atoms with E-state index >= 15 is 0 Å². The molecule has 27 heavy (non-hydrogen) atoms. The van der Waals surface area contributed by atoms with Gasteiger partial charge in [0.15, 0.2) is 0 Å². The Balaban J connectivity index is 1.42. The van der Waals surface area contributed by atoms with Gasteiger partial charge in [-0.1, -0.05) is 29.4 Å². The summed E-state index contributed by atoms with van der Waals surface area (Å²) in [5.41, 5.74) is 4.07. The van der Waals surface area contributed by atoms with E-state index in [9.17, 15) is 4.79 Å². The number of piperidine rings is 1. The highest BCUT2D eigenvalue weighted by Gasteiger charge is 2.46. The van der Waals surface area contributed by atoms with Crippen molar-refractivity contribution in [1.29, 1.82) is 0 Å². The van der Waals surface area contributed by atoms with Crippen molar-refractivity contribution >= 4 is 5.91 Å². The van der Waals surface area contributed by atoms with Crippen LogP contribution in [0, 0.1) is 0 Å². The number of amides is 1. The molecule has 1 aliphatic heterocycles. The van der Waals surface area contributed by atoms with Gasteiger partial charge in [-0.05, 0) is 41.4 Å². The van der Waals surface area contributed by atoms with Crippen molar-refractivity contribution in [3.05, 3.63) is 77.7 Å². The monoisotopic (exact) mass is 360 g/mol. The Hall–Kier alpha value is -3.02. The largest absolute Gasteiger partial charge is 0.351 e. The Morgan fingerprint density at radius 3 is 2.63 bits per heavy atom. The lowest BCUT2D eigenvalue weighted by Gasteiger charge is -2.40. The summed E-state index contributed by atoms with van der Waals surface area (Å²) < 4.78 is 5.04. The van der Waals surface area contributed by atoms with Crippen molar-refractivity contribution in [2.24, 2.45) is 0 Å². The molecular weight excluding hydrogens is 340 g/mol. The zero-order valence-corrected chi connectivity index (χ0v) is 14.9. The molecule has 1 spiro atoms. The lowest BCUT2D eigenvalue weighted by atomic mass is 9.73. The maximum Gasteiger partial charge on any atom is 0.292 e. The molecule has 2 aliphatic rings. The minimum atomic E-state index is -0.0679. The lowest BCUT2D eigenvalue weighted by Crippen LogP contribution is -2.44. The van der Waals surface area contributed by atoms with E-state index in [4.69, 9.17) is 4.52 Å². The first-order valence-corrected chi connectivity index (χ1v) is 9.31. The molecule has 1 amide bonds. The number of aromatic nitrogens is 3. The zero-order valence-electron chi connectivity index (χ0n) is 14.9. The standard InChI is InChI=1S/C21H20N4O2/c26-20(19-5-8-24-27-19)25-9-6-21(7-10-25)11-17(15-12-22-14-23-13-15)16-3-1-2-4-18(16)21/h1-5,8,12-14,17H,6-7,9-11H2. The van der Waals surface area contributed by atoms with Gasteiger partial charge in [-0.15, -0.1) is 0 Å². The second-order valence-corrected chi connectivity index (χ2v) is 7.46. The number of likely N-dealkylation sites (tertiary alicyclic amines) is 1. The second-order valence-electron chi connectivity index (χ2n) is 7.46.